The molecule has 1 heterocycles. The van der Waals surface area contributed by atoms with E-state index in [0.29, 0.717) is 11.0 Å². The average molecular weight is 262 g/mol. The van der Waals surface area contributed by atoms with Gasteiger partial charge < -0.3 is 10.6 Å². The first-order valence-electron chi connectivity index (χ1n) is 6.80. The lowest BCUT2D eigenvalue weighted by Crippen LogP contribution is -2.39. The van der Waals surface area contributed by atoms with E-state index >= 15 is 0 Å². The number of hydrogen-bond acceptors (Lipinski definition) is 2. The summed E-state index contributed by atoms with van der Waals surface area (Å²) < 4.78 is 0. The zero-order chi connectivity index (χ0) is 13.1. The van der Waals surface area contributed by atoms with Crippen molar-refractivity contribution in [2.24, 2.45) is 5.73 Å². The minimum Gasteiger partial charge on any atom is -0.389 e. The third kappa shape index (κ3) is 2.66. The normalized spacial score (nSPS) is 19.9. The molecule has 1 atom stereocenters. The largest absolute Gasteiger partial charge is 0.389 e. The molecule has 3 heteroatoms. The maximum atomic E-state index is 5.68. The van der Waals surface area contributed by atoms with Crippen LogP contribution in [0.25, 0.3) is 0 Å². The van der Waals surface area contributed by atoms with Crippen molar-refractivity contribution in [3.8, 4) is 0 Å². The molecule has 0 aromatic heterocycles. The molecule has 1 aliphatic heterocycles. The number of thiocarbonyl (C=S) groups is 1. The van der Waals surface area contributed by atoms with Crippen molar-refractivity contribution < 1.29 is 0 Å². The Morgan fingerprint density at radius 3 is 2.83 bits per heavy atom. The summed E-state index contributed by atoms with van der Waals surface area (Å²) in [4.78, 5) is 3.04. The third-order valence-corrected chi connectivity index (χ3v) is 4.12. The van der Waals surface area contributed by atoms with Crippen LogP contribution in [0.15, 0.2) is 18.2 Å². The maximum Gasteiger partial charge on any atom is 0.103 e. The molecule has 2 N–H and O–H groups in total. The molecule has 1 aliphatic rings. The molecule has 0 saturated carbocycles. The lowest BCUT2D eigenvalue weighted by Gasteiger charge is -2.38. The predicted octanol–water partition coefficient (Wildman–Crippen LogP) is 3.40. The fourth-order valence-corrected chi connectivity index (χ4v) is 3.00. The summed E-state index contributed by atoms with van der Waals surface area (Å²) >= 11 is 5.03. The first kappa shape index (κ1) is 13.3. The molecule has 1 unspecified atom stereocenters. The molecule has 2 nitrogen and oxygen atoms in total. The van der Waals surface area contributed by atoms with E-state index in [-0.39, 0.29) is 0 Å². The number of hydrogen-bond donors (Lipinski definition) is 1. The molecule has 1 aromatic rings. The Morgan fingerprint density at radius 2 is 2.22 bits per heavy atom. The zero-order valence-electron chi connectivity index (χ0n) is 11.3. The first-order chi connectivity index (χ1) is 8.63. The van der Waals surface area contributed by atoms with Crippen molar-refractivity contribution in [1.82, 2.24) is 0 Å². The van der Waals surface area contributed by atoms with Gasteiger partial charge in [0.05, 0.1) is 0 Å². The molecule has 1 saturated heterocycles. The van der Waals surface area contributed by atoms with Gasteiger partial charge >= 0.3 is 0 Å². The van der Waals surface area contributed by atoms with Gasteiger partial charge in [0.15, 0.2) is 0 Å². The van der Waals surface area contributed by atoms with Crippen LogP contribution in [0, 0.1) is 6.92 Å². The molecular weight excluding hydrogens is 240 g/mol. The van der Waals surface area contributed by atoms with Gasteiger partial charge in [-0.25, -0.2) is 0 Å². The number of benzene rings is 1. The van der Waals surface area contributed by atoms with E-state index in [4.69, 9.17) is 18.0 Å². The molecule has 0 bridgehead atoms. The van der Waals surface area contributed by atoms with Crippen LogP contribution >= 0.6 is 12.2 Å². The van der Waals surface area contributed by atoms with Crippen molar-refractivity contribution in [2.45, 2.75) is 45.6 Å². The summed E-state index contributed by atoms with van der Waals surface area (Å²) in [7, 11) is 0. The Hall–Kier alpha value is -1.09. The second kappa shape index (κ2) is 5.70. The summed E-state index contributed by atoms with van der Waals surface area (Å²) in [6.45, 7) is 5.60. The van der Waals surface area contributed by atoms with Gasteiger partial charge in [0.25, 0.3) is 0 Å². The Bertz CT molecular complexity index is 442. The lowest BCUT2D eigenvalue weighted by atomic mass is 9.97. The van der Waals surface area contributed by atoms with Crippen LogP contribution in [-0.4, -0.2) is 17.6 Å². The van der Waals surface area contributed by atoms with Gasteiger partial charge in [-0.15, -0.1) is 0 Å². The van der Waals surface area contributed by atoms with Crippen molar-refractivity contribution in [3.05, 3.63) is 29.3 Å². The van der Waals surface area contributed by atoms with Gasteiger partial charge in [0.1, 0.15) is 4.99 Å². The molecule has 98 valence electrons. The summed E-state index contributed by atoms with van der Waals surface area (Å²) in [6, 6.07) is 7.02. The monoisotopic (exact) mass is 262 g/mol. The SMILES string of the molecule is CCC1CCCCN1c1ccc(C(N)=S)cc1C. The number of anilines is 1. The smallest absolute Gasteiger partial charge is 0.103 e. The van der Waals surface area contributed by atoms with Crippen LogP contribution in [0.3, 0.4) is 0 Å². The van der Waals surface area contributed by atoms with Gasteiger partial charge in [0, 0.05) is 23.8 Å². The first-order valence-corrected chi connectivity index (χ1v) is 7.21. The minimum absolute atomic E-state index is 0.482. The Morgan fingerprint density at radius 1 is 1.44 bits per heavy atom. The molecule has 1 aromatic carbocycles. The lowest BCUT2D eigenvalue weighted by molar-refractivity contribution is 0.449. The molecule has 1 fully saturated rings. The second-order valence-corrected chi connectivity index (χ2v) is 5.56. The van der Waals surface area contributed by atoms with Crippen LogP contribution in [0.4, 0.5) is 5.69 Å². The van der Waals surface area contributed by atoms with E-state index in [9.17, 15) is 0 Å². The fraction of sp³-hybridized carbons (Fsp3) is 0.533. The van der Waals surface area contributed by atoms with Gasteiger partial charge in [0.2, 0.25) is 0 Å². The number of rotatable bonds is 3. The molecule has 0 amide bonds. The quantitative estimate of drug-likeness (QED) is 0.847. The van der Waals surface area contributed by atoms with Crippen LogP contribution in [-0.2, 0) is 0 Å². The van der Waals surface area contributed by atoms with E-state index in [2.05, 4.69) is 30.9 Å². The fourth-order valence-electron chi connectivity index (χ4n) is 2.87. The van der Waals surface area contributed by atoms with Gasteiger partial charge in [-0.05, 0) is 56.4 Å². The van der Waals surface area contributed by atoms with Crippen molar-refractivity contribution >= 4 is 22.9 Å². The molecule has 0 aliphatic carbocycles. The second-order valence-electron chi connectivity index (χ2n) is 5.12. The number of nitrogens with two attached hydrogens (primary N) is 1. The summed E-state index contributed by atoms with van der Waals surface area (Å²) in [5.74, 6) is 0. The van der Waals surface area contributed by atoms with Crippen LogP contribution in [0.5, 0.6) is 0 Å². The van der Waals surface area contributed by atoms with E-state index < -0.39 is 0 Å². The molecule has 0 spiro atoms. The van der Waals surface area contributed by atoms with Crippen molar-refractivity contribution in [1.29, 1.82) is 0 Å². The number of aryl methyl sites for hydroxylation is 1. The highest BCUT2D eigenvalue weighted by molar-refractivity contribution is 7.80. The van der Waals surface area contributed by atoms with Crippen LogP contribution < -0.4 is 10.6 Å². The minimum atomic E-state index is 0.482. The van der Waals surface area contributed by atoms with E-state index in [1.54, 1.807) is 0 Å². The van der Waals surface area contributed by atoms with Gasteiger partial charge in [-0.2, -0.15) is 0 Å². The zero-order valence-corrected chi connectivity index (χ0v) is 12.1. The Kier molecular flexibility index (Phi) is 4.23. The topological polar surface area (TPSA) is 29.3 Å². The van der Waals surface area contributed by atoms with Crippen LogP contribution in [0.1, 0.15) is 43.7 Å². The maximum absolute atomic E-state index is 5.68. The third-order valence-electron chi connectivity index (χ3n) is 3.89. The van der Waals surface area contributed by atoms with Crippen LogP contribution in [0.2, 0.25) is 0 Å². The standard InChI is InChI=1S/C15H22N2S/c1-3-13-6-4-5-9-17(13)14-8-7-12(15(16)18)10-11(14)2/h7-8,10,13H,3-6,9H2,1-2H3,(H2,16,18). The van der Waals surface area contributed by atoms with E-state index in [1.807, 2.05) is 6.07 Å². The van der Waals surface area contributed by atoms with Crippen molar-refractivity contribution in [2.75, 3.05) is 11.4 Å². The highest BCUT2D eigenvalue weighted by atomic mass is 32.1. The predicted molar refractivity (Wildman–Crippen MR) is 82.3 cm³/mol. The summed E-state index contributed by atoms with van der Waals surface area (Å²) in [5.41, 5.74) is 9.28. The average Bonchev–Trinajstić information content (AvgIpc) is 2.38. The number of nitrogens with zero attached hydrogens (tertiary/aromatic N) is 1. The number of piperidine rings is 1. The molecule has 2 rings (SSSR count). The Balaban J connectivity index is 2.29. The van der Waals surface area contributed by atoms with E-state index in [0.717, 1.165) is 5.56 Å². The molecular formula is C15H22N2S. The summed E-state index contributed by atoms with van der Waals surface area (Å²) in [5, 5.41) is 0. The highest BCUT2D eigenvalue weighted by Gasteiger charge is 2.22. The van der Waals surface area contributed by atoms with Gasteiger partial charge in [-0.3, -0.25) is 0 Å². The Labute approximate surface area is 115 Å². The van der Waals surface area contributed by atoms with E-state index in [1.165, 1.54) is 43.5 Å². The van der Waals surface area contributed by atoms with Crippen molar-refractivity contribution in [3.63, 3.8) is 0 Å². The summed E-state index contributed by atoms with van der Waals surface area (Å²) in [6.07, 6.45) is 5.19. The highest BCUT2D eigenvalue weighted by Crippen LogP contribution is 2.29. The van der Waals surface area contributed by atoms with Gasteiger partial charge in [-0.1, -0.05) is 19.1 Å². The molecule has 0 radical (unpaired) electrons. The molecule has 18 heavy (non-hydrogen) atoms.